The van der Waals surface area contributed by atoms with Crippen LogP contribution < -0.4 is 11.1 Å². The first kappa shape index (κ1) is 15.5. The molecule has 5 heteroatoms. The highest BCUT2D eigenvalue weighted by molar-refractivity contribution is 5.92. The summed E-state index contributed by atoms with van der Waals surface area (Å²) in [6, 6.07) is 7.35. The Hall–Kier alpha value is -1.88. The van der Waals surface area contributed by atoms with Gasteiger partial charge in [-0.2, -0.15) is 0 Å². The first-order valence-corrected chi connectivity index (χ1v) is 7.42. The standard InChI is InChI=1S/C16H22N2O3/c17-10-12-2-1-3-14(12)16(21)18-13-7-4-11(5-8-13)6-9-15(19)20/h4-5,7-8,12,14H,1-3,6,9-10,17H2,(H,18,21)(H,19,20). The molecule has 1 fully saturated rings. The third-order valence-corrected chi connectivity index (χ3v) is 4.15. The number of nitrogens with one attached hydrogen (secondary N) is 1. The maximum absolute atomic E-state index is 12.2. The molecule has 2 rings (SSSR count). The number of rotatable bonds is 6. The Balaban J connectivity index is 1.90. The molecule has 1 aliphatic rings. The molecule has 0 heterocycles. The number of benzene rings is 1. The van der Waals surface area contributed by atoms with Crippen LogP contribution in [0.1, 0.15) is 31.2 Å². The number of nitrogens with two attached hydrogens (primary N) is 1. The van der Waals surface area contributed by atoms with Gasteiger partial charge in [0.05, 0.1) is 0 Å². The normalized spacial score (nSPS) is 21.2. The van der Waals surface area contributed by atoms with Crippen molar-refractivity contribution in [2.45, 2.75) is 32.1 Å². The summed E-state index contributed by atoms with van der Waals surface area (Å²) >= 11 is 0. The van der Waals surface area contributed by atoms with E-state index in [1.807, 2.05) is 24.3 Å². The largest absolute Gasteiger partial charge is 0.481 e. The van der Waals surface area contributed by atoms with Gasteiger partial charge in [-0.15, -0.1) is 0 Å². The van der Waals surface area contributed by atoms with E-state index in [-0.39, 0.29) is 18.2 Å². The Labute approximate surface area is 124 Å². The zero-order valence-corrected chi connectivity index (χ0v) is 12.0. The number of amides is 1. The first-order valence-electron chi connectivity index (χ1n) is 7.42. The smallest absolute Gasteiger partial charge is 0.303 e. The molecule has 0 bridgehead atoms. The molecule has 0 spiro atoms. The van der Waals surface area contributed by atoms with E-state index in [0.29, 0.717) is 18.9 Å². The molecule has 1 aromatic carbocycles. The van der Waals surface area contributed by atoms with Gasteiger partial charge in [-0.25, -0.2) is 0 Å². The average molecular weight is 290 g/mol. The summed E-state index contributed by atoms with van der Waals surface area (Å²) in [5.74, 6) is -0.454. The minimum atomic E-state index is -0.804. The Bertz CT molecular complexity index is 499. The highest BCUT2D eigenvalue weighted by Crippen LogP contribution is 2.31. The van der Waals surface area contributed by atoms with Gasteiger partial charge < -0.3 is 16.2 Å². The second-order valence-corrected chi connectivity index (χ2v) is 5.61. The number of hydrogen-bond donors (Lipinski definition) is 3. The molecule has 1 aromatic rings. The monoisotopic (exact) mass is 290 g/mol. The first-order chi connectivity index (χ1) is 10.1. The van der Waals surface area contributed by atoms with E-state index in [4.69, 9.17) is 10.8 Å². The van der Waals surface area contributed by atoms with Crippen LogP contribution in [0.3, 0.4) is 0 Å². The fourth-order valence-corrected chi connectivity index (χ4v) is 2.91. The van der Waals surface area contributed by atoms with Crippen LogP contribution in [-0.4, -0.2) is 23.5 Å². The lowest BCUT2D eigenvalue weighted by Crippen LogP contribution is -2.29. The maximum atomic E-state index is 12.2. The molecule has 4 N–H and O–H groups in total. The quantitative estimate of drug-likeness (QED) is 0.747. The van der Waals surface area contributed by atoms with Crippen molar-refractivity contribution in [2.24, 2.45) is 17.6 Å². The fraction of sp³-hybridized carbons (Fsp3) is 0.500. The Morgan fingerprint density at radius 1 is 1.24 bits per heavy atom. The van der Waals surface area contributed by atoms with Crippen molar-refractivity contribution in [1.29, 1.82) is 0 Å². The molecule has 5 nitrogen and oxygen atoms in total. The van der Waals surface area contributed by atoms with Gasteiger partial charge >= 0.3 is 5.97 Å². The van der Waals surface area contributed by atoms with Crippen LogP contribution in [-0.2, 0) is 16.0 Å². The predicted octanol–water partition coefficient (Wildman–Crippen LogP) is 2.02. The van der Waals surface area contributed by atoms with Crippen molar-refractivity contribution < 1.29 is 14.7 Å². The van der Waals surface area contributed by atoms with Crippen molar-refractivity contribution in [2.75, 3.05) is 11.9 Å². The molecule has 0 saturated heterocycles. The number of carboxylic acid groups (broad SMARTS) is 1. The number of aryl methyl sites for hydroxylation is 1. The summed E-state index contributed by atoms with van der Waals surface area (Å²) < 4.78 is 0. The molecular formula is C16H22N2O3. The van der Waals surface area contributed by atoms with Gasteiger partial charge in [0.2, 0.25) is 5.91 Å². The number of carbonyl (C=O) groups excluding carboxylic acids is 1. The third kappa shape index (κ3) is 4.29. The molecule has 114 valence electrons. The molecular weight excluding hydrogens is 268 g/mol. The lowest BCUT2D eigenvalue weighted by molar-refractivity contribution is -0.137. The van der Waals surface area contributed by atoms with Crippen LogP contribution in [0.4, 0.5) is 5.69 Å². The molecule has 2 unspecified atom stereocenters. The summed E-state index contributed by atoms with van der Waals surface area (Å²) in [5.41, 5.74) is 7.41. The summed E-state index contributed by atoms with van der Waals surface area (Å²) in [4.78, 5) is 22.8. The zero-order chi connectivity index (χ0) is 15.2. The van der Waals surface area contributed by atoms with Crippen molar-refractivity contribution >= 4 is 17.6 Å². The van der Waals surface area contributed by atoms with Crippen LogP contribution in [0.2, 0.25) is 0 Å². The van der Waals surface area contributed by atoms with Crippen LogP contribution in [0.15, 0.2) is 24.3 Å². The SMILES string of the molecule is NCC1CCCC1C(=O)Nc1ccc(CCC(=O)O)cc1. The van der Waals surface area contributed by atoms with E-state index >= 15 is 0 Å². The number of anilines is 1. The summed E-state index contributed by atoms with van der Waals surface area (Å²) in [6.07, 6.45) is 3.62. The van der Waals surface area contributed by atoms with Crippen LogP contribution in [0.5, 0.6) is 0 Å². The van der Waals surface area contributed by atoms with Crippen LogP contribution in [0.25, 0.3) is 0 Å². The Kier molecular flexibility index (Phi) is 5.33. The maximum Gasteiger partial charge on any atom is 0.303 e. The van der Waals surface area contributed by atoms with Gasteiger partial charge in [0, 0.05) is 18.0 Å². The van der Waals surface area contributed by atoms with Crippen molar-refractivity contribution in [3.8, 4) is 0 Å². The molecule has 1 amide bonds. The lowest BCUT2D eigenvalue weighted by atomic mass is 9.95. The summed E-state index contributed by atoms with van der Waals surface area (Å²) in [7, 11) is 0. The van der Waals surface area contributed by atoms with Gasteiger partial charge in [-0.3, -0.25) is 9.59 Å². The topological polar surface area (TPSA) is 92.4 Å². The minimum absolute atomic E-state index is 0.0155. The van der Waals surface area contributed by atoms with Gasteiger partial charge in [0.1, 0.15) is 0 Å². The van der Waals surface area contributed by atoms with Gasteiger partial charge in [-0.05, 0) is 49.4 Å². The highest BCUT2D eigenvalue weighted by atomic mass is 16.4. The zero-order valence-electron chi connectivity index (χ0n) is 12.0. The third-order valence-electron chi connectivity index (χ3n) is 4.15. The second-order valence-electron chi connectivity index (χ2n) is 5.61. The molecule has 0 aromatic heterocycles. The Morgan fingerprint density at radius 3 is 2.57 bits per heavy atom. The van der Waals surface area contributed by atoms with E-state index in [2.05, 4.69) is 5.32 Å². The minimum Gasteiger partial charge on any atom is -0.481 e. The van der Waals surface area contributed by atoms with Gasteiger partial charge in [-0.1, -0.05) is 18.6 Å². The van der Waals surface area contributed by atoms with Crippen LogP contribution >= 0.6 is 0 Å². The van der Waals surface area contributed by atoms with Gasteiger partial charge in [0.15, 0.2) is 0 Å². The van der Waals surface area contributed by atoms with E-state index in [0.717, 1.165) is 30.5 Å². The van der Waals surface area contributed by atoms with E-state index in [1.165, 1.54) is 0 Å². The van der Waals surface area contributed by atoms with E-state index in [9.17, 15) is 9.59 Å². The van der Waals surface area contributed by atoms with Crippen molar-refractivity contribution in [3.05, 3.63) is 29.8 Å². The lowest BCUT2D eigenvalue weighted by Gasteiger charge is -2.17. The number of carboxylic acids is 1. The molecule has 2 atom stereocenters. The van der Waals surface area contributed by atoms with E-state index in [1.54, 1.807) is 0 Å². The molecule has 1 aliphatic carbocycles. The number of carbonyl (C=O) groups is 2. The molecule has 21 heavy (non-hydrogen) atoms. The summed E-state index contributed by atoms with van der Waals surface area (Å²) in [5, 5.41) is 11.6. The average Bonchev–Trinajstić information content (AvgIpc) is 2.95. The van der Waals surface area contributed by atoms with E-state index < -0.39 is 5.97 Å². The molecule has 0 radical (unpaired) electrons. The van der Waals surface area contributed by atoms with Crippen molar-refractivity contribution in [3.63, 3.8) is 0 Å². The fourth-order valence-electron chi connectivity index (χ4n) is 2.91. The predicted molar refractivity (Wildman–Crippen MR) is 80.9 cm³/mol. The molecule has 0 aliphatic heterocycles. The van der Waals surface area contributed by atoms with Crippen molar-refractivity contribution in [1.82, 2.24) is 0 Å². The van der Waals surface area contributed by atoms with Gasteiger partial charge in [0.25, 0.3) is 0 Å². The number of hydrogen-bond acceptors (Lipinski definition) is 3. The number of aliphatic carboxylic acids is 1. The molecule has 1 saturated carbocycles. The Morgan fingerprint density at radius 2 is 1.95 bits per heavy atom. The highest BCUT2D eigenvalue weighted by Gasteiger charge is 2.31. The summed E-state index contributed by atoms with van der Waals surface area (Å²) in [6.45, 7) is 0.562. The van der Waals surface area contributed by atoms with Crippen LogP contribution in [0, 0.1) is 11.8 Å². The second kappa shape index (κ2) is 7.22.